The summed E-state index contributed by atoms with van der Waals surface area (Å²) in [4.78, 5) is 12.1. The van der Waals surface area contributed by atoms with Gasteiger partial charge in [0.1, 0.15) is 7.85 Å². The standard InChI is InChI=1S/C19H20BClN4O/c1-11(2)22-8-13-4-12-5-16(21)15(6-17(12)25-13)18-10-23-14(9-24-18)7-19(3,20)26/h4-6,9-10,22,25-26H,1,7-8H2,2-3H3. The second kappa shape index (κ2) is 7.13. The van der Waals surface area contributed by atoms with Gasteiger partial charge in [-0.25, -0.2) is 0 Å². The lowest BCUT2D eigenvalue weighted by Gasteiger charge is -2.16. The Labute approximate surface area is 158 Å². The number of nitrogens with one attached hydrogen (secondary N) is 2. The summed E-state index contributed by atoms with van der Waals surface area (Å²) in [6.45, 7) is 7.95. The molecule has 0 bridgehead atoms. The Bertz CT molecular complexity index is 945. The molecule has 3 aromatic rings. The predicted molar refractivity (Wildman–Crippen MR) is 106 cm³/mol. The highest BCUT2D eigenvalue weighted by molar-refractivity contribution is 6.34. The highest BCUT2D eigenvalue weighted by atomic mass is 35.5. The van der Waals surface area contributed by atoms with Crippen molar-refractivity contribution in [2.75, 3.05) is 0 Å². The minimum atomic E-state index is -1.31. The minimum absolute atomic E-state index is 0.225. The van der Waals surface area contributed by atoms with Crippen LogP contribution in [-0.2, 0) is 13.0 Å². The van der Waals surface area contributed by atoms with Crippen LogP contribution >= 0.6 is 11.6 Å². The second-order valence-corrected chi connectivity index (χ2v) is 7.18. The number of halogens is 1. The van der Waals surface area contributed by atoms with Crippen LogP contribution in [0, 0.1) is 0 Å². The van der Waals surface area contributed by atoms with Gasteiger partial charge in [-0.05, 0) is 32.0 Å². The highest BCUT2D eigenvalue weighted by Gasteiger charge is 2.15. The summed E-state index contributed by atoms with van der Waals surface area (Å²) in [5.41, 5.74) is 3.68. The molecule has 0 aliphatic heterocycles. The lowest BCUT2D eigenvalue weighted by Crippen LogP contribution is -2.27. The Morgan fingerprint density at radius 2 is 2.12 bits per heavy atom. The van der Waals surface area contributed by atoms with E-state index in [0.717, 1.165) is 27.9 Å². The normalized spacial score (nSPS) is 13.5. The van der Waals surface area contributed by atoms with Crippen LogP contribution in [0.5, 0.6) is 0 Å². The molecule has 2 aromatic heterocycles. The smallest absolute Gasteiger partial charge is 0.113 e. The molecule has 0 spiro atoms. The van der Waals surface area contributed by atoms with Crippen molar-refractivity contribution in [2.45, 2.75) is 32.3 Å². The Morgan fingerprint density at radius 3 is 2.73 bits per heavy atom. The van der Waals surface area contributed by atoms with E-state index in [-0.39, 0.29) is 6.42 Å². The first-order valence-corrected chi connectivity index (χ1v) is 8.62. The zero-order valence-electron chi connectivity index (χ0n) is 14.8. The molecule has 2 radical (unpaired) electrons. The van der Waals surface area contributed by atoms with Crippen molar-refractivity contribution in [2.24, 2.45) is 0 Å². The van der Waals surface area contributed by atoms with E-state index in [1.54, 1.807) is 12.4 Å². The van der Waals surface area contributed by atoms with Gasteiger partial charge < -0.3 is 15.4 Å². The van der Waals surface area contributed by atoms with Crippen LogP contribution in [0.3, 0.4) is 0 Å². The van der Waals surface area contributed by atoms with E-state index >= 15 is 0 Å². The zero-order chi connectivity index (χ0) is 18.9. The largest absolute Gasteiger partial charge is 0.400 e. The van der Waals surface area contributed by atoms with E-state index in [1.165, 1.54) is 6.92 Å². The Hall–Kier alpha value is -2.31. The average molecular weight is 367 g/mol. The quantitative estimate of drug-likeness (QED) is 0.585. The Morgan fingerprint density at radius 1 is 1.35 bits per heavy atom. The van der Waals surface area contributed by atoms with E-state index in [1.807, 2.05) is 19.1 Å². The molecule has 5 nitrogen and oxygen atoms in total. The third kappa shape index (κ3) is 4.45. The van der Waals surface area contributed by atoms with Crippen molar-refractivity contribution < 1.29 is 5.11 Å². The topological polar surface area (TPSA) is 73.8 Å². The molecule has 0 saturated carbocycles. The number of allylic oxidation sites excluding steroid dienone is 1. The van der Waals surface area contributed by atoms with Gasteiger partial charge in [0, 0.05) is 46.0 Å². The van der Waals surface area contributed by atoms with E-state index in [9.17, 15) is 5.11 Å². The fraction of sp³-hybridized carbons (Fsp3) is 0.263. The summed E-state index contributed by atoms with van der Waals surface area (Å²) in [6.07, 6.45) is 3.47. The fourth-order valence-corrected chi connectivity index (χ4v) is 2.97. The molecule has 0 amide bonds. The summed E-state index contributed by atoms with van der Waals surface area (Å²) < 4.78 is 0. The van der Waals surface area contributed by atoms with Crippen LogP contribution in [0.2, 0.25) is 5.02 Å². The third-order valence-electron chi connectivity index (χ3n) is 3.87. The number of nitrogens with zero attached hydrogens (tertiary/aromatic N) is 2. The lowest BCUT2D eigenvalue weighted by molar-refractivity contribution is 0.148. The van der Waals surface area contributed by atoms with Crippen molar-refractivity contribution in [3.05, 3.63) is 59.3 Å². The van der Waals surface area contributed by atoms with Gasteiger partial charge in [-0.3, -0.25) is 9.97 Å². The summed E-state index contributed by atoms with van der Waals surface area (Å²) >= 11 is 6.45. The van der Waals surface area contributed by atoms with E-state index in [2.05, 4.69) is 32.9 Å². The van der Waals surface area contributed by atoms with Crippen LogP contribution < -0.4 is 5.32 Å². The Balaban J connectivity index is 1.89. The van der Waals surface area contributed by atoms with Crippen molar-refractivity contribution in [3.8, 4) is 11.3 Å². The first-order valence-electron chi connectivity index (χ1n) is 8.24. The van der Waals surface area contributed by atoms with E-state index < -0.39 is 5.50 Å². The number of hydrogen-bond donors (Lipinski definition) is 3. The SMILES string of the molecule is [B]C(C)(O)Cc1cnc(-c2cc3[nH]c(CNC(=C)C)cc3cc2Cl)cn1. The monoisotopic (exact) mass is 366 g/mol. The van der Waals surface area contributed by atoms with Crippen LogP contribution in [0.4, 0.5) is 0 Å². The van der Waals surface area contributed by atoms with E-state index in [0.29, 0.717) is 23.0 Å². The second-order valence-electron chi connectivity index (χ2n) is 6.77. The summed E-state index contributed by atoms with van der Waals surface area (Å²) in [5, 5.41) is 14.5. The average Bonchev–Trinajstić information content (AvgIpc) is 2.93. The molecular formula is C19H20BClN4O. The molecule has 26 heavy (non-hydrogen) atoms. The summed E-state index contributed by atoms with van der Waals surface area (Å²) in [7, 11) is 5.60. The van der Waals surface area contributed by atoms with Gasteiger partial charge in [0.25, 0.3) is 0 Å². The van der Waals surface area contributed by atoms with Crippen LogP contribution in [-0.4, -0.2) is 33.4 Å². The molecule has 2 heterocycles. The maximum Gasteiger partial charge on any atom is 0.113 e. The molecule has 1 unspecified atom stereocenters. The molecule has 0 saturated heterocycles. The molecular weight excluding hydrogens is 347 g/mol. The molecule has 1 aromatic carbocycles. The molecule has 0 fully saturated rings. The van der Waals surface area contributed by atoms with Crippen LogP contribution in [0.25, 0.3) is 22.2 Å². The summed E-state index contributed by atoms with van der Waals surface area (Å²) in [6, 6.07) is 5.93. The maximum absolute atomic E-state index is 9.67. The van der Waals surface area contributed by atoms with Gasteiger partial charge in [0.2, 0.25) is 0 Å². The number of aromatic nitrogens is 3. The highest BCUT2D eigenvalue weighted by Crippen LogP contribution is 2.31. The number of hydrogen-bond acceptors (Lipinski definition) is 4. The first kappa shape index (κ1) is 18.5. The predicted octanol–water partition coefficient (Wildman–Crippen LogP) is 3.32. The van der Waals surface area contributed by atoms with Crippen molar-refractivity contribution in [3.63, 3.8) is 0 Å². The number of benzene rings is 1. The van der Waals surface area contributed by atoms with Gasteiger partial charge in [0.05, 0.1) is 29.2 Å². The van der Waals surface area contributed by atoms with Crippen LogP contribution in [0.1, 0.15) is 25.2 Å². The molecule has 132 valence electrons. The molecule has 0 aliphatic rings. The molecule has 3 rings (SSSR count). The zero-order valence-corrected chi connectivity index (χ0v) is 15.6. The van der Waals surface area contributed by atoms with Gasteiger partial charge in [-0.15, -0.1) is 0 Å². The number of H-pyrrole nitrogens is 1. The third-order valence-corrected chi connectivity index (χ3v) is 4.18. The number of fused-ring (bicyclic) bond motifs is 1. The van der Waals surface area contributed by atoms with Gasteiger partial charge >= 0.3 is 0 Å². The molecule has 7 heteroatoms. The van der Waals surface area contributed by atoms with Gasteiger partial charge in [-0.1, -0.05) is 18.2 Å². The number of aliphatic hydroxyl groups is 1. The minimum Gasteiger partial charge on any atom is -0.400 e. The van der Waals surface area contributed by atoms with Gasteiger partial charge in [-0.2, -0.15) is 0 Å². The first-order chi connectivity index (χ1) is 12.2. The van der Waals surface area contributed by atoms with E-state index in [4.69, 9.17) is 19.4 Å². The molecule has 1 atom stereocenters. The Kier molecular flexibility index (Phi) is 5.07. The van der Waals surface area contributed by atoms with Crippen molar-refractivity contribution >= 4 is 30.4 Å². The van der Waals surface area contributed by atoms with Crippen molar-refractivity contribution in [1.82, 2.24) is 20.3 Å². The lowest BCUT2D eigenvalue weighted by atomic mass is 9.80. The summed E-state index contributed by atoms with van der Waals surface area (Å²) in [5.74, 6) is 0. The number of rotatable bonds is 6. The van der Waals surface area contributed by atoms with Crippen LogP contribution in [0.15, 0.2) is 42.9 Å². The maximum atomic E-state index is 9.67. The fourth-order valence-electron chi connectivity index (χ4n) is 2.70. The molecule has 0 aliphatic carbocycles. The number of aromatic amines is 1. The van der Waals surface area contributed by atoms with Gasteiger partial charge in [0.15, 0.2) is 0 Å². The molecule has 3 N–H and O–H groups in total. The van der Waals surface area contributed by atoms with Crippen molar-refractivity contribution in [1.29, 1.82) is 0 Å².